The number of hydrogen-bond acceptors (Lipinski definition) is 3. The molecule has 0 N–H and O–H groups in total. The van der Waals surface area contributed by atoms with Crippen LogP contribution >= 0.6 is 15.9 Å². The van der Waals surface area contributed by atoms with Crippen LogP contribution in [0.25, 0.3) is 17.0 Å². The van der Waals surface area contributed by atoms with E-state index in [1.165, 1.54) is 0 Å². The first-order valence-corrected chi connectivity index (χ1v) is 7.88. The minimum Gasteiger partial charge on any atom is -0.496 e. The molecule has 1 heterocycles. The first-order chi connectivity index (χ1) is 11.2. The maximum atomic E-state index is 12.3. The molecule has 0 spiro atoms. The highest BCUT2D eigenvalue weighted by Crippen LogP contribution is 2.26. The van der Waals surface area contributed by atoms with E-state index in [2.05, 4.69) is 20.9 Å². The summed E-state index contributed by atoms with van der Waals surface area (Å²) < 4.78 is 5.93. The van der Waals surface area contributed by atoms with Crippen LogP contribution in [0.1, 0.15) is 15.9 Å². The number of benzene rings is 2. The Kier molecular flexibility index (Phi) is 4.53. The Bertz CT molecular complexity index is 898. The second kappa shape index (κ2) is 6.75. The maximum absolute atomic E-state index is 12.3. The highest BCUT2D eigenvalue weighted by molar-refractivity contribution is 9.10. The van der Waals surface area contributed by atoms with E-state index in [0.29, 0.717) is 11.3 Å². The SMILES string of the molecule is COc1ccc(C(=O)C=Cc2cccc3cccnc23)cc1Br. The lowest BCUT2D eigenvalue weighted by atomic mass is 10.1. The number of halogens is 1. The summed E-state index contributed by atoms with van der Waals surface area (Å²) in [6.45, 7) is 0. The number of carbonyl (C=O) groups excluding carboxylic acids is 1. The molecule has 0 radical (unpaired) electrons. The highest BCUT2D eigenvalue weighted by Gasteiger charge is 2.07. The molecule has 0 unspecified atom stereocenters. The van der Waals surface area contributed by atoms with Gasteiger partial charge in [0.25, 0.3) is 0 Å². The minimum atomic E-state index is -0.0683. The van der Waals surface area contributed by atoms with Gasteiger partial charge in [0, 0.05) is 22.7 Å². The van der Waals surface area contributed by atoms with E-state index in [0.717, 1.165) is 20.9 Å². The first-order valence-electron chi connectivity index (χ1n) is 7.09. The molecule has 4 heteroatoms. The van der Waals surface area contributed by atoms with E-state index in [-0.39, 0.29) is 5.78 Å². The normalized spacial score (nSPS) is 11.0. The second-order valence-electron chi connectivity index (χ2n) is 4.97. The van der Waals surface area contributed by atoms with Gasteiger partial charge in [0.15, 0.2) is 5.78 Å². The van der Waals surface area contributed by atoms with Gasteiger partial charge in [0.2, 0.25) is 0 Å². The molecule has 23 heavy (non-hydrogen) atoms. The van der Waals surface area contributed by atoms with Crippen LogP contribution in [0.3, 0.4) is 0 Å². The standard InChI is InChI=1S/C19H14BrNO2/c1-23-18-10-8-15(12-16(18)20)17(22)9-7-14-5-2-4-13-6-3-11-21-19(13)14/h2-12H,1H3. The molecule has 0 bridgehead atoms. The second-order valence-corrected chi connectivity index (χ2v) is 5.82. The summed E-state index contributed by atoms with van der Waals surface area (Å²) in [6, 6.07) is 15.1. The predicted molar refractivity (Wildman–Crippen MR) is 95.8 cm³/mol. The molecule has 3 rings (SSSR count). The summed E-state index contributed by atoms with van der Waals surface area (Å²) in [7, 11) is 1.59. The lowest BCUT2D eigenvalue weighted by Gasteiger charge is -2.04. The molecule has 3 aromatic rings. The fraction of sp³-hybridized carbons (Fsp3) is 0.0526. The maximum Gasteiger partial charge on any atom is 0.185 e. The van der Waals surface area contributed by atoms with E-state index in [4.69, 9.17) is 4.74 Å². The minimum absolute atomic E-state index is 0.0683. The van der Waals surface area contributed by atoms with Gasteiger partial charge in [-0.25, -0.2) is 0 Å². The number of fused-ring (bicyclic) bond motifs is 1. The Morgan fingerprint density at radius 1 is 1.17 bits per heavy atom. The van der Waals surface area contributed by atoms with Crippen LogP contribution in [0.4, 0.5) is 0 Å². The first kappa shape index (κ1) is 15.4. The molecule has 2 aromatic carbocycles. The van der Waals surface area contributed by atoms with Gasteiger partial charge in [-0.1, -0.05) is 24.3 Å². The zero-order valence-corrected chi connectivity index (χ0v) is 14.1. The molecule has 0 aliphatic rings. The van der Waals surface area contributed by atoms with Crippen molar-refractivity contribution < 1.29 is 9.53 Å². The smallest absolute Gasteiger partial charge is 0.185 e. The van der Waals surface area contributed by atoms with Crippen molar-refractivity contribution in [3.8, 4) is 5.75 Å². The van der Waals surface area contributed by atoms with Crippen molar-refractivity contribution in [2.24, 2.45) is 0 Å². The molecule has 1 aromatic heterocycles. The number of allylic oxidation sites excluding steroid dienone is 1. The quantitative estimate of drug-likeness (QED) is 0.486. The molecular weight excluding hydrogens is 354 g/mol. The van der Waals surface area contributed by atoms with Crippen LogP contribution in [-0.2, 0) is 0 Å². The fourth-order valence-corrected chi connectivity index (χ4v) is 2.88. The third-order valence-electron chi connectivity index (χ3n) is 3.51. The average Bonchev–Trinajstić information content (AvgIpc) is 2.59. The molecule has 0 saturated carbocycles. The summed E-state index contributed by atoms with van der Waals surface area (Å²) in [6.07, 6.45) is 5.12. The largest absolute Gasteiger partial charge is 0.496 e. The van der Waals surface area contributed by atoms with Crippen LogP contribution in [0.15, 0.2) is 65.3 Å². The Hall–Kier alpha value is -2.46. The third-order valence-corrected chi connectivity index (χ3v) is 4.13. The van der Waals surface area contributed by atoms with Gasteiger partial charge in [0.1, 0.15) is 5.75 Å². The molecule has 0 atom stereocenters. The summed E-state index contributed by atoms with van der Waals surface area (Å²) >= 11 is 3.39. The lowest BCUT2D eigenvalue weighted by molar-refractivity contribution is 0.104. The van der Waals surface area contributed by atoms with Crippen molar-refractivity contribution in [3.05, 3.63) is 76.4 Å². The van der Waals surface area contributed by atoms with Gasteiger partial charge in [-0.15, -0.1) is 0 Å². The van der Waals surface area contributed by atoms with Crippen molar-refractivity contribution in [1.82, 2.24) is 4.98 Å². The van der Waals surface area contributed by atoms with Crippen molar-refractivity contribution in [3.63, 3.8) is 0 Å². The van der Waals surface area contributed by atoms with E-state index in [9.17, 15) is 4.79 Å². The molecule has 0 aliphatic carbocycles. The highest BCUT2D eigenvalue weighted by atomic mass is 79.9. The predicted octanol–water partition coefficient (Wildman–Crippen LogP) is 4.90. The molecule has 3 nitrogen and oxygen atoms in total. The summed E-state index contributed by atoms with van der Waals surface area (Å²) in [4.78, 5) is 16.7. The fourth-order valence-electron chi connectivity index (χ4n) is 2.34. The van der Waals surface area contributed by atoms with Crippen molar-refractivity contribution in [1.29, 1.82) is 0 Å². The lowest BCUT2D eigenvalue weighted by Crippen LogP contribution is -1.95. The molecule has 0 amide bonds. The number of rotatable bonds is 4. The van der Waals surface area contributed by atoms with E-state index < -0.39 is 0 Å². The van der Waals surface area contributed by atoms with E-state index in [1.807, 2.05) is 30.3 Å². The molecule has 0 aliphatic heterocycles. The van der Waals surface area contributed by atoms with Crippen LogP contribution in [0.2, 0.25) is 0 Å². The van der Waals surface area contributed by atoms with Gasteiger partial charge in [0.05, 0.1) is 17.1 Å². The van der Waals surface area contributed by atoms with Crippen molar-refractivity contribution in [2.75, 3.05) is 7.11 Å². The van der Waals surface area contributed by atoms with Crippen molar-refractivity contribution >= 4 is 38.7 Å². The van der Waals surface area contributed by atoms with E-state index >= 15 is 0 Å². The molecule has 114 valence electrons. The number of ether oxygens (including phenoxy) is 1. The Labute approximate surface area is 142 Å². The van der Waals surface area contributed by atoms with Gasteiger partial charge in [-0.2, -0.15) is 0 Å². The molecule has 0 saturated heterocycles. The van der Waals surface area contributed by atoms with Crippen LogP contribution in [0, 0.1) is 0 Å². The number of carbonyl (C=O) groups is 1. The Morgan fingerprint density at radius 2 is 2.00 bits per heavy atom. The average molecular weight is 368 g/mol. The van der Waals surface area contributed by atoms with E-state index in [1.54, 1.807) is 43.7 Å². The summed E-state index contributed by atoms with van der Waals surface area (Å²) in [5.41, 5.74) is 2.40. The number of nitrogens with zero attached hydrogens (tertiary/aromatic N) is 1. The Balaban J connectivity index is 1.89. The zero-order chi connectivity index (χ0) is 16.2. The number of hydrogen-bond donors (Lipinski definition) is 0. The van der Waals surface area contributed by atoms with Gasteiger partial charge in [-0.3, -0.25) is 9.78 Å². The summed E-state index contributed by atoms with van der Waals surface area (Å²) in [5.74, 6) is 0.630. The number of aromatic nitrogens is 1. The van der Waals surface area contributed by atoms with Crippen LogP contribution in [-0.4, -0.2) is 17.9 Å². The third kappa shape index (κ3) is 3.32. The summed E-state index contributed by atoms with van der Waals surface area (Å²) in [5, 5.41) is 1.05. The van der Waals surface area contributed by atoms with Gasteiger partial charge in [-0.05, 0) is 52.3 Å². The van der Waals surface area contributed by atoms with Crippen molar-refractivity contribution in [2.45, 2.75) is 0 Å². The number of ketones is 1. The Morgan fingerprint density at radius 3 is 2.78 bits per heavy atom. The van der Waals surface area contributed by atoms with Crippen LogP contribution in [0.5, 0.6) is 5.75 Å². The number of para-hydroxylation sites is 1. The number of pyridine rings is 1. The molecular formula is C19H14BrNO2. The van der Waals surface area contributed by atoms with Gasteiger partial charge >= 0.3 is 0 Å². The number of methoxy groups -OCH3 is 1. The topological polar surface area (TPSA) is 39.2 Å². The monoisotopic (exact) mass is 367 g/mol. The van der Waals surface area contributed by atoms with Gasteiger partial charge < -0.3 is 4.74 Å². The zero-order valence-electron chi connectivity index (χ0n) is 12.5. The van der Waals surface area contributed by atoms with Crippen LogP contribution < -0.4 is 4.74 Å². The molecule has 0 fully saturated rings.